The Bertz CT molecular complexity index is 1640. The van der Waals surface area contributed by atoms with E-state index < -0.39 is 28.1 Å². The summed E-state index contributed by atoms with van der Waals surface area (Å²) in [5.74, 6) is -0.327. The number of amides is 2. The Balaban J connectivity index is 1.32. The average Bonchev–Trinajstić information content (AvgIpc) is 3.27. The zero-order valence-electron chi connectivity index (χ0n) is 22.9. The number of nitrogens with one attached hydrogen (secondary N) is 1. The lowest BCUT2D eigenvalue weighted by molar-refractivity contribution is -0.132. The van der Waals surface area contributed by atoms with Crippen LogP contribution in [0.4, 0.5) is 4.79 Å². The van der Waals surface area contributed by atoms with Crippen LogP contribution < -0.4 is 4.72 Å². The molecule has 42 heavy (non-hydrogen) atoms. The topological polar surface area (TPSA) is 129 Å². The van der Waals surface area contributed by atoms with Gasteiger partial charge in [0.1, 0.15) is 18.4 Å². The molecule has 1 aliphatic rings. The van der Waals surface area contributed by atoms with E-state index in [-0.39, 0.29) is 36.8 Å². The number of phenols is 1. The number of rotatable bonds is 8. The van der Waals surface area contributed by atoms with Gasteiger partial charge in [0.15, 0.2) is 0 Å². The van der Waals surface area contributed by atoms with Crippen molar-refractivity contribution in [2.45, 2.75) is 30.4 Å². The number of carbonyl (C=O) groups excluding carboxylic acids is 2. The number of nitrogens with zero attached hydrogens (tertiary/aromatic N) is 3. The predicted octanol–water partition coefficient (Wildman–Crippen LogP) is 3.70. The van der Waals surface area contributed by atoms with E-state index >= 15 is 0 Å². The average molecular weight is 589 g/mol. The minimum absolute atomic E-state index is 0.0501. The molecule has 3 aromatic carbocycles. The van der Waals surface area contributed by atoms with Gasteiger partial charge in [0.05, 0.1) is 4.90 Å². The Morgan fingerprint density at radius 3 is 2.40 bits per heavy atom. The molecule has 11 heteroatoms. The van der Waals surface area contributed by atoms with Gasteiger partial charge in [-0.2, -0.15) is 4.72 Å². The number of aromatic hydroxyl groups is 1. The van der Waals surface area contributed by atoms with Crippen LogP contribution >= 0.6 is 0 Å². The second-order valence-electron chi connectivity index (χ2n) is 10.1. The van der Waals surface area contributed by atoms with Crippen LogP contribution in [0.5, 0.6) is 5.75 Å². The molecule has 1 aromatic heterocycles. The van der Waals surface area contributed by atoms with Crippen LogP contribution in [-0.4, -0.2) is 72.5 Å². The molecule has 10 nitrogen and oxygen atoms in total. The lowest BCUT2D eigenvalue weighted by atomic mass is 10.1. The molecule has 2 N–H and O–H groups in total. The minimum Gasteiger partial charge on any atom is -0.508 e. The molecule has 0 spiro atoms. The van der Waals surface area contributed by atoms with E-state index in [2.05, 4.69) is 9.71 Å². The Morgan fingerprint density at radius 2 is 1.62 bits per heavy atom. The molecule has 0 aliphatic carbocycles. The Labute approximate surface area is 244 Å². The summed E-state index contributed by atoms with van der Waals surface area (Å²) in [5.41, 5.74) is 1.56. The number of hydrogen-bond donors (Lipinski definition) is 2. The number of carbonyl (C=O) groups is 2. The first-order valence-electron chi connectivity index (χ1n) is 13.7. The fourth-order valence-corrected chi connectivity index (χ4v) is 6.40. The van der Waals surface area contributed by atoms with Crippen molar-refractivity contribution in [1.29, 1.82) is 0 Å². The van der Waals surface area contributed by atoms with Crippen LogP contribution in [0.25, 0.3) is 10.8 Å². The Morgan fingerprint density at radius 1 is 0.881 bits per heavy atom. The summed E-state index contributed by atoms with van der Waals surface area (Å²) >= 11 is 0. The number of phenolic OH excluding ortho intramolecular Hbond substituents is 1. The molecule has 2 amide bonds. The van der Waals surface area contributed by atoms with Crippen LogP contribution in [-0.2, 0) is 32.6 Å². The number of benzene rings is 3. The van der Waals surface area contributed by atoms with E-state index in [1.807, 2.05) is 30.3 Å². The van der Waals surface area contributed by atoms with Gasteiger partial charge in [-0.15, -0.1) is 0 Å². The van der Waals surface area contributed by atoms with E-state index in [4.69, 9.17) is 4.74 Å². The highest BCUT2D eigenvalue weighted by atomic mass is 32.2. The standard InChI is InChI=1S/C31H32N4O6S/c36-26-12-10-23(11-13-26)20-28(33-42(39,40)29-9-4-8-25-21-32-15-14-27(25)29)30(37)34-16-5-17-35(19-18-34)31(38)41-22-24-6-2-1-3-7-24/h1-4,6-15,21,28,33,36H,5,16-20,22H2/t28-/m0/s1. The second kappa shape index (κ2) is 13.0. The highest BCUT2D eigenvalue weighted by molar-refractivity contribution is 7.89. The first kappa shape index (κ1) is 29.0. The summed E-state index contributed by atoms with van der Waals surface area (Å²) in [4.78, 5) is 33.9. The number of hydrogen-bond acceptors (Lipinski definition) is 7. The molecule has 218 valence electrons. The van der Waals surface area contributed by atoms with Gasteiger partial charge in [-0.1, -0.05) is 54.6 Å². The molecule has 0 unspecified atom stereocenters. The third kappa shape index (κ3) is 7.04. The molecular formula is C31H32N4O6S. The molecule has 2 heterocycles. The maximum absolute atomic E-state index is 13.9. The quantitative estimate of drug-likeness (QED) is 0.321. The van der Waals surface area contributed by atoms with Crippen molar-refractivity contribution in [3.8, 4) is 5.75 Å². The predicted molar refractivity (Wildman–Crippen MR) is 157 cm³/mol. The van der Waals surface area contributed by atoms with E-state index in [0.29, 0.717) is 35.8 Å². The zero-order valence-corrected chi connectivity index (χ0v) is 23.7. The summed E-state index contributed by atoms with van der Waals surface area (Å²) in [6.07, 6.45) is 3.24. The van der Waals surface area contributed by atoms with Crippen molar-refractivity contribution in [1.82, 2.24) is 19.5 Å². The number of aromatic nitrogens is 1. The van der Waals surface area contributed by atoms with Crippen molar-refractivity contribution in [2.24, 2.45) is 0 Å². The highest BCUT2D eigenvalue weighted by Gasteiger charge is 2.32. The first-order chi connectivity index (χ1) is 20.3. The number of sulfonamides is 1. The largest absolute Gasteiger partial charge is 0.508 e. The van der Waals surface area contributed by atoms with Gasteiger partial charge >= 0.3 is 6.09 Å². The lowest BCUT2D eigenvalue weighted by Gasteiger charge is -2.27. The lowest BCUT2D eigenvalue weighted by Crippen LogP contribution is -2.50. The van der Waals surface area contributed by atoms with E-state index in [9.17, 15) is 23.1 Å². The number of fused-ring (bicyclic) bond motifs is 1. The van der Waals surface area contributed by atoms with Crippen LogP contribution in [0.3, 0.4) is 0 Å². The zero-order chi connectivity index (χ0) is 29.5. The van der Waals surface area contributed by atoms with Crippen molar-refractivity contribution >= 4 is 32.8 Å². The molecule has 0 saturated carbocycles. The maximum atomic E-state index is 13.9. The molecule has 0 radical (unpaired) electrons. The SMILES string of the molecule is O=C(OCc1ccccc1)N1CCCN(C(=O)[C@H](Cc2ccc(O)cc2)NS(=O)(=O)c2cccc3cnccc23)CC1. The second-order valence-corrected chi connectivity index (χ2v) is 11.8. The molecule has 0 bridgehead atoms. The van der Waals surface area contributed by atoms with Gasteiger partial charge < -0.3 is 19.6 Å². The van der Waals surface area contributed by atoms with Crippen molar-refractivity contribution in [3.63, 3.8) is 0 Å². The molecule has 1 atom stereocenters. The summed E-state index contributed by atoms with van der Waals surface area (Å²) in [6.45, 7) is 1.41. The summed E-state index contributed by atoms with van der Waals surface area (Å²) in [5, 5.41) is 10.9. The fourth-order valence-electron chi connectivity index (χ4n) is 4.98. The molecule has 1 saturated heterocycles. The molecule has 4 aromatic rings. The normalized spacial score (nSPS) is 14.8. The van der Waals surface area contributed by atoms with Crippen LogP contribution in [0.2, 0.25) is 0 Å². The molecular weight excluding hydrogens is 556 g/mol. The third-order valence-electron chi connectivity index (χ3n) is 7.17. The van der Waals surface area contributed by atoms with Gasteiger partial charge in [0.25, 0.3) is 0 Å². The summed E-state index contributed by atoms with van der Waals surface area (Å²) in [6, 6.07) is 21.1. The molecule has 5 rings (SSSR count). The van der Waals surface area contributed by atoms with Gasteiger partial charge in [0, 0.05) is 49.3 Å². The Kier molecular flexibility index (Phi) is 8.99. The molecule has 1 fully saturated rings. The maximum Gasteiger partial charge on any atom is 0.410 e. The smallest absolute Gasteiger partial charge is 0.410 e. The van der Waals surface area contributed by atoms with Crippen LogP contribution in [0, 0.1) is 0 Å². The number of pyridine rings is 1. The van der Waals surface area contributed by atoms with E-state index in [1.54, 1.807) is 46.3 Å². The van der Waals surface area contributed by atoms with E-state index in [0.717, 1.165) is 5.56 Å². The summed E-state index contributed by atoms with van der Waals surface area (Å²) < 4.78 is 35.5. The molecule has 1 aliphatic heterocycles. The monoisotopic (exact) mass is 588 g/mol. The summed E-state index contributed by atoms with van der Waals surface area (Å²) in [7, 11) is -4.12. The van der Waals surface area contributed by atoms with Crippen molar-refractivity contribution in [2.75, 3.05) is 26.2 Å². The van der Waals surface area contributed by atoms with Gasteiger partial charge in [0.2, 0.25) is 15.9 Å². The van der Waals surface area contributed by atoms with Crippen LogP contribution in [0.1, 0.15) is 17.5 Å². The first-order valence-corrected chi connectivity index (χ1v) is 15.2. The highest BCUT2D eigenvalue weighted by Crippen LogP contribution is 2.23. The van der Waals surface area contributed by atoms with E-state index in [1.165, 1.54) is 24.4 Å². The van der Waals surface area contributed by atoms with Gasteiger partial charge in [-0.05, 0) is 48.2 Å². The third-order valence-corrected chi connectivity index (χ3v) is 8.70. The van der Waals surface area contributed by atoms with Crippen molar-refractivity contribution in [3.05, 3.63) is 102 Å². The van der Waals surface area contributed by atoms with Crippen molar-refractivity contribution < 1.29 is 27.9 Å². The fraction of sp³-hybridized carbons (Fsp3) is 0.258. The van der Waals surface area contributed by atoms with Gasteiger partial charge in [-0.25, -0.2) is 13.2 Å². The Hall–Kier alpha value is -4.48. The van der Waals surface area contributed by atoms with Gasteiger partial charge in [-0.3, -0.25) is 9.78 Å². The number of ether oxygens (including phenoxy) is 1. The minimum atomic E-state index is -4.12. The van der Waals surface area contributed by atoms with Crippen LogP contribution in [0.15, 0.2) is 96.2 Å².